The van der Waals surface area contributed by atoms with E-state index in [0.717, 1.165) is 75.0 Å². The van der Waals surface area contributed by atoms with Gasteiger partial charge in [0.1, 0.15) is 51.7 Å². The van der Waals surface area contributed by atoms with Gasteiger partial charge < -0.3 is 46.7 Å². The summed E-state index contributed by atoms with van der Waals surface area (Å²) in [4.78, 5) is 0. The maximum absolute atomic E-state index is 11.2. The van der Waals surface area contributed by atoms with Gasteiger partial charge in [-0.3, -0.25) is 0 Å². The second-order valence-electron chi connectivity index (χ2n) is 23.2. The van der Waals surface area contributed by atoms with Gasteiger partial charge in [-0.05, 0) is 205 Å². The highest BCUT2D eigenvalue weighted by atomic mass is 16.5. The minimum atomic E-state index is -0.211. The molecule has 63 heavy (non-hydrogen) atoms. The Bertz CT molecular complexity index is 2150. The molecule has 0 aliphatic heterocycles. The predicted octanol–water partition coefficient (Wildman–Crippen LogP) is 12.3. The third-order valence-corrected chi connectivity index (χ3v) is 18.7. The Morgan fingerprint density at radius 3 is 0.746 bits per heavy atom. The molecule has 0 saturated heterocycles. The molecule has 0 amide bonds. The number of aromatic hydroxyl groups is 3. The van der Waals surface area contributed by atoms with Gasteiger partial charge in [0, 0.05) is 51.1 Å². The molecule has 0 heterocycles. The number of anilines is 3. The number of benzene rings is 4. The zero-order valence-corrected chi connectivity index (χ0v) is 36.4. The van der Waals surface area contributed by atoms with Crippen LogP contribution >= 0.6 is 0 Å². The second kappa shape index (κ2) is 13.6. The zero-order chi connectivity index (χ0) is 42.6. The van der Waals surface area contributed by atoms with Crippen molar-refractivity contribution in [3.63, 3.8) is 0 Å². The monoisotopic (exact) mass is 849 g/mol. The van der Waals surface area contributed by atoms with Crippen molar-refractivity contribution in [3.05, 3.63) is 71.3 Å². The Morgan fingerprint density at radius 2 is 0.556 bits per heavy atom. The normalized spacial score (nSPS) is 37.4. The topological polar surface area (TPSA) is 166 Å². The summed E-state index contributed by atoms with van der Waals surface area (Å²) >= 11 is 0. The lowest BCUT2D eigenvalue weighted by Gasteiger charge is -2.61. The van der Waals surface area contributed by atoms with Gasteiger partial charge in [-0.1, -0.05) is 0 Å². The molecule has 0 radical (unpaired) electrons. The maximum Gasteiger partial charge on any atom is 0.142 e. The number of nitrogen functional groups attached to an aromatic ring is 3. The van der Waals surface area contributed by atoms with Crippen LogP contribution in [0.25, 0.3) is 0 Å². The van der Waals surface area contributed by atoms with E-state index in [1.807, 2.05) is 18.2 Å². The van der Waals surface area contributed by atoms with E-state index in [1.165, 1.54) is 74.5 Å². The van der Waals surface area contributed by atoms with E-state index < -0.39 is 0 Å². The second-order valence-corrected chi connectivity index (χ2v) is 23.2. The summed E-state index contributed by atoms with van der Waals surface area (Å²) < 4.78 is 23.0. The van der Waals surface area contributed by atoms with Gasteiger partial charge in [0.2, 0.25) is 0 Å². The molecule has 9 N–H and O–H groups in total. The predicted molar refractivity (Wildman–Crippen MR) is 244 cm³/mol. The van der Waals surface area contributed by atoms with Gasteiger partial charge in [-0.25, -0.2) is 0 Å². The number of rotatable bonds is 9. The quantitative estimate of drug-likeness (QED) is 0.0710. The molecule has 330 valence electrons. The summed E-state index contributed by atoms with van der Waals surface area (Å²) in [6, 6.07) is 15.9. The Balaban J connectivity index is 1.18. The van der Waals surface area contributed by atoms with Crippen LogP contribution in [-0.2, 0) is 16.2 Å². The van der Waals surface area contributed by atoms with E-state index in [9.17, 15) is 15.3 Å². The van der Waals surface area contributed by atoms with Crippen molar-refractivity contribution in [2.75, 3.05) is 17.2 Å². The molecule has 0 aromatic heterocycles. The molecule has 4 aromatic rings. The van der Waals surface area contributed by atoms with Gasteiger partial charge in [0.25, 0.3) is 0 Å². The molecule has 0 unspecified atom stereocenters. The molecule has 0 spiro atoms. The molecule has 0 atom stereocenters. The highest BCUT2D eigenvalue weighted by molar-refractivity contribution is 5.73. The first kappa shape index (κ1) is 38.5. The van der Waals surface area contributed by atoms with Crippen LogP contribution in [0, 0.1) is 53.3 Å². The van der Waals surface area contributed by atoms with Gasteiger partial charge in [-0.15, -0.1) is 0 Å². The van der Waals surface area contributed by atoms with Crippen molar-refractivity contribution in [2.24, 2.45) is 53.3 Å². The van der Waals surface area contributed by atoms with Gasteiger partial charge >= 0.3 is 0 Å². The smallest absolute Gasteiger partial charge is 0.142 e. The van der Waals surface area contributed by atoms with Crippen LogP contribution in [0.4, 0.5) is 17.1 Å². The summed E-state index contributed by atoms with van der Waals surface area (Å²) in [5.41, 5.74) is 22.6. The minimum Gasteiger partial charge on any atom is -0.506 e. The number of hydrogen-bond donors (Lipinski definition) is 6. The Hall–Kier alpha value is -4.92. The molecule has 12 bridgehead atoms. The maximum atomic E-state index is 11.2. The van der Waals surface area contributed by atoms with E-state index in [1.54, 1.807) is 36.4 Å². The fourth-order valence-electron chi connectivity index (χ4n) is 17.8. The highest BCUT2D eigenvalue weighted by Crippen LogP contribution is 2.73. The molecular weight excluding hydrogens is 787 g/mol. The Labute approximate surface area is 370 Å². The van der Waals surface area contributed by atoms with Crippen molar-refractivity contribution < 1.29 is 29.5 Å². The first-order valence-electron chi connectivity index (χ1n) is 24.4. The molecule has 12 aliphatic carbocycles. The van der Waals surface area contributed by atoms with Crippen LogP contribution in [0.15, 0.2) is 54.6 Å². The summed E-state index contributed by atoms with van der Waals surface area (Å²) in [5.74, 6) is 9.82. The van der Waals surface area contributed by atoms with Crippen LogP contribution in [-0.4, -0.2) is 15.3 Å². The van der Waals surface area contributed by atoms with Gasteiger partial charge in [-0.2, -0.15) is 0 Å². The standard InChI is InChI=1S/C54H63N3O6/c55-40-4-1-37(16-43(40)58)61-49-46(52-19-28-7-29(20-52)9-30(8-28)21-52)50(62-38-2-5-41(56)44(59)17-38)48(54-25-34-13-35(26-54)15-36(14-34)27-54)51(63-39-3-6-42(57)45(60)18-39)47(49)53-22-31-10-32(23-53)12-33(11-31)24-53/h1-6,16-18,28-36,58-60H,7-15,19-27,55-57H2. The third kappa shape index (κ3) is 6.06. The van der Waals surface area contributed by atoms with E-state index in [2.05, 4.69) is 0 Å². The van der Waals surface area contributed by atoms with Crippen LogP contribution in [0.5, 0.6) is 51.7 Å². The van der Waals surface area contributed by atoms with Crippen LogP contribution in [0.3, 0.4) is 0 Å². The molecule has 16 rings (SSSR count). The molecule has 9 heteroatoms. The first-order valence-corrected chi connectivity index (χ1v) is 24.4. The SMILES string of the molecule is Nc1ccc(Oc2c(C34CC5CC(CC(C5)C3)C4)c(Oc3ccc(N)c(O)c3)c(C34CC5CC(CC(C5)C3)C4)c(Oc3ccc(N)c(O)c3)c2C23CC4CC(CC(C4)C2)C3)cc1O. The molecule has 12 fully saturated rings. The van der Waals surface area contributed by atoms with E-state index >= 15 is 0 Å². The molecular formula is C54H63N3O6. The Morgan fingerprint density at radius 1 is 0.349 bits per heavy atom. The van der Waals surface area contributed by atoms with E-state index in [4.69, 9.17) is 31.4 Å². The third-order valence-electron chi connectivity index (χ3n) is 18.7. The molecule has 4 aromatic carbocycles. The van der Waals surface area contributed by atoms with Crippen molar-refractivity contribution >= 4 is 17.1 Å². The van der Waals surface area contributed by atoms with Crippen molar-refractivity contribution in [2.45, 2.75) is 132 Å². The van der Waals surface area contributed by atoms with Crippen molar-refractivity contribution in [1.29, 1.82) is 0 Å². The average Bonchev–Trinajstić information content (AvgIpc) is 3.20. The van der Waals surface area contributed by atoms with Crippen LogP contribution in [0.1, 0.15) is 132 Å². The lowest BCUT2D eigenvalue weighted by atomic mass is 9.44. The number of hydrogen-bond acceptors (Lipinski definition) is 9. The summed E-state index contributed by atoms with van der Waals surface area (Å²) in [6.07, 6.45) is 21.3. The summed E-state index contributed by atoms with van der Waals surface area (Å²) in [5, 5.41) is 33.6. The number of ether oxygens (including phenoxy) is 3. The van der Waals surface area contributed by atoms with Crippen molar-refractivity contribution in [1.82, 2.24) is 0 Å². The minimum absolute atomic E-state index is 0.00644. The lowest BCUT2D eigenvalue weighted by Crippen LogP contribution is -2.52. The van der Waals surface area contributed by atoms with Gasteiger partial charge in [0.05, 0.1) is 17.1 Å². The van der Waals surface area contributed by atoms with Gasteiger partial charge in [0.15, 0.2) is 0 Å². The number of nitrogens with two attached hydrogens (primary N) is 3. The van der Waals surface area contributed by atoms with Crippen molar-refractivity contribution in [3.8, 4) is 51.7 Å². The summed E-state index contributed by atoms with van der Waals surface area (Å²) in [7, 11) is 0. The number of phenols is 3. The van der Waals surface area contributed by atoms with E-state index in [-0.39, 0.29) is 33.5 Å². The fourth-order valence-corrected chi connectivity index (χ4v) is 17.8. The average molecular weight is 850 g/mol. The molecule has 12 saturated carbocycles. The summed E-state index contributed by atoms with van der Waals surface area (Å²) in [6.45, 7) is 0. The Kier molecular flexibility index (Phi) is 8.29. The largest absolute Gasteiger partial charge is 0.506 e. The van der Waals surface area contributed by atoms with E-state index in [0.29, 0.717) is 87.6 Å². The fraction of sp³-hybridized carbons (Fsp3) is 0.556. The lowest BCUT2D eigenvalue weighted by molar-refractivity contribution is -0.0152. The zero-order valence-electron chi connectivity index (χ0n) is 36.4. The van der Waals surface area contributed by atoms with Crippen LogP contribution in [0.2, 0.25) is 0 Å². The highest BCUT2D eigenvalue weighted by Gasteiger charge is 2.61. The van der Waals surface area contributed by atoms with Crippen LogP contribution < -0.4 is 31.4 Å². The number of phenolic OH excluding ortho intramolecular Hbond substituents is 3. The molecule has 12 aliphatic rings. The first-order chi connectivity index (χ1) is 30.4. The molecule has 9 nitrogen and oxygen atoms in total.